The number of nitrogens with one attached hydrogen (secondary N) is 2. The van der Waals surface area contributed by atoms with Crippen molar-refractivity contribution < 1.29 is 9.53 Å². The molecule has 1 saturated heterocycles. The monoisotopic (exact) mass is 553 g/mol. The van der Waals surface area contributed by atoms with Gasteiger partial charge in [0.2, 0.25) is 11.9 Å². The molecule has 1 amide bonds. The van der Waals surface area contributed by atoms with E-state index in [1.807, 2.05) is 40.0 Å². The number of aromatic nitrogens is 4. The molecule has 2 aromatic heterocycles. The van der Waals surface area contributed by atoms with Crippen LogP contribution in [0.2, 0.25) is 0 Å². The summed E-state index contributed by atoms with van der Waals surface area (Å²) in [4.78, 5) is 24.3. The minimum absolute atomic E-state index is 0.127. The number of carbonyl (C=O) groups excluding carboxylic acids is 1. The summed E-state index contributed by atoms with van der Waals surface area (Å²) in [6.07, 6.45) is 15.4. The van der Waals surface area contributed by atoms with Crippen molar-refractivity contribution in [1.29, 1.82) is 0 Å². The van der Waals surface area contributed by atoms with Crippen molar-refractivity contribution in [3.63, 3.8) is 0 Å². The van der Waals surface area contributed by atoms with Gasteiger partial charge in [-0.2, -0.15) is 10.1 Å². The summed E-state index contributed by atoms with van der Waals surface area (Å²) < 4.78 is 7.99. The lowest BCUT2D eigenvalue weighted by Crippen LogP contribution is -2.53. The third kappa shape index (κ3) is 7.03. The zero-order valence-electron chi connectivity index (χ0n) is 23.7. The highest BCUT2D eigenvalue weighted by Gasteiger charge is 2.31. The Kier molecular flexibility index (Phi) is 8.61. The van der Waals surface area contributed by atoms with Crippen LogP contribution in [0.4, 0.5) is 5.95 Å². The molecule has 1 aromatic carbocycles. The molecule has 0 unspecified atom stereocenters. The Morgan fingerprint density at radius 1 is 1.18 bits per heavy atom. The summed E-state index contributed by atoms with van der Waals surface area (Å²) in [5.41, 5.74) is 0.958. The second kappa shape index (κ2) is 12.1. The van der Waals surface area contributed by atoms with Crippen LogP contribution >= 0.6 is 10.0 Å². The second-order valence-corrected chi connectivity index (χ2v) is 16.4. The largest absolute Gasteiger partial charge is 0.493 e. The number of ether oxygens (including phenoxy) is 1. The quantitative estimate of drug-likeness (QED) is 0.386. The standard InChI is InChI=1S/C29H43N7O2S/c1-21-20-35(16-15-30-21)28(37)22-9-11-23(12-10-22)33-29-31-14-13-27(34-29)36-25-7-5-8-26(24(25)19-32-36)38-17-6-18-39(2,3)4/h5,7-8,13-14,19,21-23,30H,6,9-12,15-18,20H2,1-4H3,(H,31,33,34)/t21-,22?,23?/m0/s1. The molecule has 212 valence electrons. The molecule has 3 aromatic rings. The van der Waals surface area contributed by atoms with Gasteiger partial charge in [-0.15, -0.1) is 0 Å². The third-order valence-corrected chi connectivity index (χ3v) is 9.19. The van der Waals surface area contributed by atoms with Gasteiger partial charge in [0.15, 0.2) is 5.82 Å². The van der Waals surface area contributed by atoms with Crippen LogP contribution in [0.5, 0.6) is 5.75 Å². The molecule has 0 spiro atoms. The summed E-state index contributed by atoms with van der Waals surface area (Å²) in [5, 5.41) is 12.5. The Bertz CT molecular complexity index is 1270. The van der Waals surface area contributed by atoms with E-state index in [4.69, 9.17) is 9.72 Å². The number of benzene rings is 1. The number of fused-ring (bicyclic) bond motifs is 1. The Morgan fingerprint density at radius 3 is 2.77 bits per heavy atom. The van der Waals surface area contributed by atoms with Gasteiger partial charge in [0.05, 0.1) is 23.7 Å². The first-order valence-corrected chi connectivity index (χ1v) is 17.2. The molecule has 2 fully saturated rings. The lowest BCUT2D eigenvalue weighted by molar-refractivity contribution is -0.137. The fourth-order valence-corrected chi connectivity index (χ4v) is 6.59. The van der Waals surface area contributed by atoms with Crippen molar-refractivity contribution in [2.24, 2.45) is 5.92 Å². The average Bonchev–Trinajstić information content (AvgIpc) is 3.36. The van der Waals surface area contributed by atoms with E-state index in [1.54, 1.807) is 6.20 Å². The van der Waals surface area contributed by atoms with Gasteiger partial charge in [-0.05, 0) is 75.7 Å². The summed E-state index contributed by atoms with van der Waals surface area (Å²) >= 11 is 0. The van der Waals surface area contributed by atoms with Crippen LogP contribution in [-0.4, -0.2) is 93.4 Å². The van der Waals surface area contributed by atoms with Crippen molar-refractivity contribution >= 4 is 32.8 Å². The number of hydrogen-bond acceptors (Lipinski definition) is 7. The van der Waals surface area contributed by atoms with E-state index < -0.39 is 10.0 Å². The molecule has 0 bridgehead atoms. The minimum atomic E-state index is -0.517. The predicted molar refractivity (Wildman–Crippen MR) is 160 cm³/mol. The lowest BCUT2D eigenvalue weighted by atomic mass is 9.85. The average molecular weight is 554 g/mol. The summed E-state index contributed by atoms with van der Waals surface area (Å²) in [6.45, 7) is 5.36. The van der Waals surface area contributed by atoms with E-state index in [-0.39, 0.29) is 12.0 Å². The first kappa shape index (κ1) is 27.7. The number of hydrogen-bond donors (Lipinski definition) is 2. The van der Waals surface area contributed by atoms with Gasteiger partial charge in [-0.25, -0.2) is 19.7 Å². The third-order valence-electron chi connectivity index (χ3n) is 7.68. The number of piperazine rings is 1. The molecule has 2 N–H and O–H groups in total. The number of nitrogens with zero attached hydrogens (tertiary/aromatic N) is 5. The fourth-order valence-electron chi connectivity index (χ4n) is 5.60. The number of carbonyl (C=O) groups is 1. The van der Waals surface area contributed by atoms with E-state index in [2.05, 4.69) is 46.4 Å². The van der Waals surface area contributed by atoms with Crippen LogP contribution in [0.25, 0.3) is 16.7 Å². The molecule has 1 aliphatic carbocycles. The Labute approximate surface area is 233 Å². The molecule has 10 heteroatoms. The van der Waals surface area contributed by atoms with Gasteiger partial charge in [0.1, 0.15) is 5.75 Å². The molecule has 1 saturated carbocycles. The molecule has 5 rings (SSSR count). The molecular weight excluding hydrogens is 510 g/mol. The number of rotatable bonds is 9. The van der Waals surface area contributed by atoms with Crippen LogP contribution in [0, 0.1) is 5.92 Å². The number of amides is 1. The van der Waals surface area contributed by atoms with Crippen LogP contribution in [0.3, 0.4) is 0 Å². The SMILES string of the molecule is C[C@H]1CN(C(=O)C2CCC(Nc3nccc(-n4ncc5c(OCCCS(C)(C)C)cccc54)n3)CC2)CCN1. The van der Waals surface area contributed by atoms with Gasteiger partial charge in [0.25, 0.3) is 0 Å². The highest BCUT2D eigenvalue weighted by atomic mass is 32.3. The van der Waals surface area contributed by atoms with Gasteiger partial charge in [0, 0.05) is 49.9 Å². The van der Waals surface area contributed by atoms with E-state index in [1.165, 1.54) is 5.75 Å². The highest BCUT2D eigenvalue weighted by molar-refractivity contribution is 8.32. The van der Waals surface area contributed by atoms with E-state index >= 15 is 0 Å². The Morgan fingerprint density at radius 2 is 2.00 bits per heavy atom. The summed E-state index contributed by atoms with van der Waals surface area (Å²) in [6, 6.07) is 8.56. The van der Waals surface area contributed by atoms with Crippen molar-refractivity contribution in [2.75, 3.05) is 56.1 Å². The maximum absolute atomic E-state index is 13.0. The maximum Gasteiger partial charge on any atom is 0.225 e. The first-order valence-electron chi connectivity index (χ1n) is 14.1. The van der Waals surface area contributed by atoms with E-state index in [0.29, 0.717) is 30.3 Å². The lowest BCUT2D eigenvalue weighted by Gasteiger charge is -2.36. The van der Waals surface area contributed by atoms with Crippen LogP contribution in [0.1, 0.15) is 39.0 Å². The Hall–Kier alpha value is -2.85. The van der Waals surface area contributed by atoms with E-state index in [9.17, 15) is 4.79 Å². The topological polar surface area (TPSA) is 97.2 Å². The smallest absolute Gasteiger partial charge is 0.225 e. The molecule has 2 aliphatic rings. The zero-order chi connectivity index (χ0) is 27.4. The predicted octanol–water partition coefficient (Wildman–Crippen LogP) is 4.07. The van der Waals surface area contributed by atoms with Crippen molar-refractivity contribution in [3.8, 4) is 11.6 Å². The van der Waals surface area contributed by atoms with Gasteiger partial charge in [-0.1, -0.05) is 6.07 Å². The molecular formula is C29H43N7O2S. The summed E-state index contributed by atoms with van der Waals surface area (Å²) in [5.74, 6) is 3.82. The van der Waals surface area contributed by atoms with Crippen molar-refractivity contribution in [3.05, 3.63) is 36.7 Å². The first-order chi connectivity index (χ1) is 18.8. The maximum atomic E-state index is 13.0. The normalized spacial score (nSPS) is 22.6. The van der Waals surface area contributed by atoms with Crippen LogP contribution in [-0.2, 0) is 4.79 Å². The van der Waals surface area contributed by atoms with Crippen LogP contribution in [0.15, 0.2) is 36.7 Å². The van der Waals surface area contributed by atoms with Gasteiger partial charge in [-0.3, -0.25) is 4.79 Å². The van der Waals surface area contributed by atoms with Crippen molar-refractivity contribution in [1.82, 2.24) is 30.0 Å². The fraction of sp³-hybridized carbons (Fsp3) is 0.586. The molecule has 3 heterocycles. The van der Waals surface area contributed by atoms with E-state index in [0.717, 1.165) is 68.4 Å². The molecule has 39 heavy (non-hydrogen) atoms. The summed E-state index contributed by atoms with van der Waals surface area (Å²) in [7, 11) is -0.517. The van der Waals surface area contributed by atoms with Crippen LogP contribution < -0.4 is 15.4 Å². The van der Waals surface area contributed by atoms with Gasteiger partial charge < -0.3 is 20.3 Å². The molecule has 9 nitrogen and oxygen atoms in total. The molecule has 1 aliphatic heterocycles. The van der Waals surface area contributed by atoms with Gasteiger partial charge >= 0.3 is 0 Å². The second-order valence-electron chi connectivity index (χ2n) is 11.8. The number of anilines is 1. The minimum Gasteiger partial charge on any atom is -0.493 e. The molecule has 0 radical (unpaired) electrons. The van der Waals surface area contributed by atoms with Crippen molar-refractivity contribution in [2.45, 2.75) is 51.1 Å². The molecule has 1 atom stereocenters. The Balaban J connectivity index is 1.19. The zero-order valence-corrected chi connectivity index (χ0v) is 24.5. The highest BCUT2D eigenvalue weighted by Crippen LogP contribution is 2.35.